The van der Waals surface area contributed by atoms with Crippen LogP contribution in [0.3, 0.4) is 0 Å². The lowest BCUT2D eigenvalue weighted by Gasteiger charge is -2.63. The van der Waals surface area contributed by atoms with Gasteiger partial charge < -0.3 is 33.9 Å². The highest BCUT2D eigenvalue weighted by molar-refractivity contribution is 5.90. The molecule has 232 valence electrons. The Kier molecular flexibility index (Phi) is 5.95. The number of aliphatic hydroxyl groups excluding tert-OH is 1. The molecular weight excluding hydrogens is 544 g/mol. The molecule has 0 aromatic heterocycles. The zero-order chi connectivity index (χ0) is 30.4. The maximum Gasteiger partial charge on any atom is 0.333 e. The van der Waals surface area contributed by atoms with Crippen LogP contribution >= 0.6 is 0 Å². The second-order valence-corrected chi connectivity index (χ2v) is 14.5. The maximum absolute atomic E-state index is 14.0. The van der Waals surface area contributed by atoms with E-state index in [0.717, 1.165) is 5.57 Å². The van der Waals surface area contributed by atoms with Crippen LogP contribution in [0.2, 0.25) is 0 Å². The van der Waals surface area contributed by atoms with Gasteiger partial charge in [0, 0.05) is 43.3 Å². The molecule has 3 heterocycles. The van der Waals surface area contributed by atoms with Crippen molar-refractivity contribution in [1.82, 2.24) is 0 Å². The number of carbonyl (C=O) groups is 3. The predicted octanol–water partition coefficient (Wildman–Crippen LogP) is 2.41. The van der Waals surface area contributed by atoms with Crippen molar-refractivity contribution in [3.63, 3.8) is 0 Å². The number of cyclic esters (lactones) is 1. The van der Waals surface area contributed by atoms with Gasteiger partial charge in [-0.05, 0) is 58.8 Å². The van der Waals surface area contributed by atoms with Crippen molar-refractivity contribution in [3.05, 3.63) is 11.1 Å². The van der Waals surface area contributed by atoms with Gasteiger partial charge in [-0.1, -0.05) is 19.4 Å². The summed E-state index contributed by atoms with van der Waals surface area (Å²) in [7, 11) is 0. The van der Waals surface area contributed by atoms with Crippen molar-refractivity contribution in [2.24, 2.45) is 28.6 Å². The Morgan fingerprint density at radius 1 is 1.14 bits per heavy atom. The lowest BCUT2D eigenvalue weighted by molar-refractivity contribution is -0.266. The Hall–Kier alpha value is -1.85. The summed E-state index contributed by atoms with van der Waals surface area (Å²) in [5, 5.41) is 24.6. The van der Waals surface area contributed by atoms with Gasteiger partial charge in [0.15, 0.2) is 6.10 Å². The van der Waals surface area contributed by atoms with Gasteiger partial charge in [0.25, 0.3) is 0 Å². The van der Waals surface area contributed by atoms with Crippen LogP contribution < -0.4 is 0 Å². The smallest absolute Gasteiger partial charge is 0.333 e. The van der Waals surface area contributed by atoms with Crippen LogP contribution in [-0.2, 0) is 38.1 Å². The molecule has 0 radical (unpaired) electrons. The van der Waals surface area contributed by atoms with Crippen LogP contribution in [0.1, 0.15) is 80.6 Å². The minimum Gasteiger partial charge on any atom is -0.458 e. The highest BCUT2D eigenvalue weighted by atomic mass is 16.7. The molecule has 7 aliphatic rings. The molecule has 1 spiro atoms. The first-order valence-corrected chi connectivity index (χ1v) is 15.6. The van der Waals surface area contributed by atoms with Crippen molar-refractivity contribution >= 4 is 17.7 Å². The number of rotatable bonds is 5. The molecule has 2 saturated heterocycles. The van der Waals surface area contributed by atoms with Crippen LogP contribution in [-0.4, -0.2) is 88.0 Å². The normalized spacial score (nSPS) is 54.5. The summed E-state index contributed by atoms with van der Waals surface area (Å²) in [5.41, 5.74) is -3.78. The van der Waals surface area contributed by atoms with E-state index in [-0.39, 0.29) is 30.0 Å². The quantitative estimate of drug-likeness (QED) is 0.363. The van der Waals surface area contributed by atoms with Crippen LogP contribution in [0, 0.1) is 28.6 Å². The van der Waals surface area contributed by atoms with Crippen molar-refractivity contribution in [2.45, 2.75) is 134 Å². The van der Waals surface area contributed by atoms with E-state index >= 15 is 0 Å². The summed E-state index contributed by atoms with van der Waals surface area (Å²) in [6.45, 7) is 13.2. The van der Waals surface area contributed by atoms with E-state index in [9.17, 15) is 24.6 Å². The fourth-order valence-corrected chi connectivity index (χ4v) is 11.0. The number of fused-ring (bicyclic) bond motifs is 6. The Balaban J connectivity index is 1.29. The lowest BCUT2D eigenvalue weighted by atomic mass is 9.41. The minimum absolute atomic E-state index is 0.0195. The lowest BCUT2D eigenvalue weighted by Crippen LogP contribution is -2.74. The minimum atomic E-state index is -1.53. The zero-order valence-electron chi connectivity index (χ0n) is 25.6. The Morgan fingerprint density at radius 3 is 2.50 bits per heavy atom. The van der Waals surface area contributed by atoms with E-state index in [0.29, 0.717) is 37.9 Å². The molecule has 6 fully saturated rings. The zero-order valence-corrected chi connectivity index (χ0v) is 25.6. The summed E-state index contributed by atoms with van der Waals surface area (Å²) in [4.78, 5) is 39.2. The SMILES string of the molecule is CCO[C@H]1CC(=O)[C@]2(C)[C@H]3CC[C@@]4(C)[C@@](O)([C@@H]3C[C@H]3O[C@]32[C@H]1O)[C@@H](OC(C)=O)[C@@H]1O[C@@]14[C@H](C)[C@H]1CC(C)=C(C)C(=O)O1. The van der Waals surface area contributed by atoms with Crippen molar-refractivity contribution in [1.29, 1.82) is 0 Å². The van der Waals surface area contributed by atoms with Crippen LogP contribution in [0.25, 0.3) is 0 Å². The molecule has 0 unspecified atom stereocenters. The van der Waals surface area contributed by atoms with Gasteiger partial charge in [0.05, 0.1) is 17.6 Å². The Labute approximate surface area is 246 Å². The van der Waals surface area contributed by atoms with Crippen LogP contribution in [0.4, 0.5) is 0 Å². The average Bonchev–Trinajstić information content (AvgIpc) is 3.83. The molecule has 10 nitrogen and oxygen atoms in total. The number of aliphatic hydroxyl groups is 2. The van der Waals surface area contributed by atoms with E-state index in [1.54, 1.807) is 6.92 Å². The van der Waals surface area contributed by atoms with Gasteiger partial charge in [-0.25, -0.2) is 4.79 Å². The number of ether oxygens (including phenoxy) is 5. The summed E-state index contributed by atoms with van der Waals surface area (Å²) in [6.07, 6.45) is -1.81. The third kappa shape index (κ3) is 3.01. The van der Waals surface area contributed by atoms with Crippen LogP contribution in [0.5, 0.6) is 0 Å². The fraction of sp³-hybridized carbons (Fsp3) is 0.844. The van der Waals surface area contributed by atoms with E-state index < -0.39 is 76.1 Å². The number of esters is 2. The molecule has 42 heavy (non-hydrogen) atoms. The molecule has 3 aliphatic heterocycles. The Bertz CT molecular complexity index is 1290. The Morgan fingerprint density at radius 2 is 1.86 bits per heavy atom. The molecule has 4 saturated carbocycles. The van der Waals surface area contributed by atoms with Crippen molar-refractivity contribution in [2.75, 3.05) is 6.61 Å². The van der Waals surface area contributed by atoms with E-state index in [4.69, 9.17) is 23.7 Å². The summed E-state index contributed by atoms with van der Waals surface area (Å²) >= 11 is 0. The third-order valence-electron chi connectivity index (χ3n) is 13.3. The summed E-state index contributed by atoms with van der Waals surface area (Å²) in [6, 6.07) is 0. The number of carbonyl (C=O) groups excluding carboxylic acids is 3. The van der Waals surface area contributed by atoms with E-state index in [1.807, 2.05) is 34.6 Å². The molecule has 7 rings (SSSR count). The topological polar surface area (TPSA) is 144 Å². The number of hydrogen-bond acceptors (Lipinski definition) is 10. The number of ketones is 1. The largest absolute Gasteiger partial charge is 0.458 e. The molecule has 2 N–H and O–H groups in total. The second kappa shape index (κ2) is 8.65. The molecule has 0 aromatic rings. The molecule has 10 heteroatoms. The maximum atomic E-state index is 14.0. The number of epoxide rings is 2. The van der Waals surface area contributed by atoms with Gasteiger partial charge in [-0.2, -0.15) is 0 Å². The average molecular weight is 589 g/mol. The molecule has 14 atom stereocenters. The highest BCUT2D eigenvalue weighted by Gasteiger charge is 2.92. The van der Waals surface area contributed by atoms with Gasteiger partial charge >= 0.3 is 11.9 Å². The first-order chi connectivity index (χ1) is 19.7. The van der Waals surface area contributed by atoms with Crippen molar-refractivity contribution in [3.8, 4) is 0 Å². The number of Topliss-reactive ketones (excluding diaryl/α,β-unsaturated/α-hetero) is 1. The van der Waals surface area contributed by atoms with Gasteiger partial charge in [-0.15, -0.1) is 0 Å². The van der Waals surface area contributed by atoms with Crippen LogP contribution in [0.15, 0.2) is 11.1 Å². The molecule has 0 aromatic carbocycles. The fourth-order valence-electron chi connectivity index (χ4n) is 11.0. The summed E-state index contributed by atoms with van der Waals surface area (Å²) < 4.78 is 30.5. The first-order valence-electron chi connectivity index (χ1n) is 15.6. The highest BCUT2D eigenvalue weighted by Crippen LogP contribution is 2.79. The first kappa shape index (κ1) is 28.9. The standard InChI is InChI=1S/C32H44O10/c1-8-38-21-13-22(34)29(7)18-9-10-28(6)30(37,19(18)12-23-32(29,41-23)24(21)35)25(39-17(5)33)26-31(28,42-26)16(4)20-11-14(2)15(3)27(36)40-20/h16,18-21,23-26,35,37H,8-13H2,1-7H3/t16-,18+,19-,20-,21+,23-,24+,25+,26+,28+,29+,30-,31+,32+/m1/s1. The van der Waals surface area contributed by atoms with Gasteiger partial charge in [-0.3, -0.25) is 9.59 Å². The van der Waals surface area contributed by atoms with E-state index in [2.05, 4.69) is 0 Å². The molecule has 4 aliphatic carbocycles. The third-order valence-corrected chi connectivity index (χ3v) is 13.3. The second-order valence-electron chi connectivity index (χ2n) is 14.5. The van der Waals surface area contributed by atoms with Crippen molar-refractivity contribution < 1.29 is 48.3 Å². The van der Waals surface area contributed by atoms with Gasteiger partial charge in [0.2, 0.25) is 0 Å². The monoisotopic (exact) mass is 588 g/mol. The van der Waals surface area contributed by atoms with Gasteiger partial charge in [0.1, 0.15) is 40.9 Å². The molecule has 0 bridgehead atoms. The summed E-state index contributed by atoms with van der Waals surface area (Å²) in [5.74, 6) is -1.91. The van der Waals surface area contributed by atoms with E-state index in [1.165, 1.54) is 6.92 Å². The number of hydrogen-bond donors (Lipinski definition) is 2. The predicted molar refractivity (Wildman–Crippen MR) is 146 cm³/mol. The molecule has 0 amide bonds. The molecular formula is C32H44O10.